The van der Waals surface area contributed by atoms with Gasteiger partial charge in [-0.15, -0.1) is 0 Å². The van der Waals surface area contributed by atoms with Crippen LogP contribution in [-0.4, -0.2) is 29.6 Å². The maximum absolute atomic E-state index is 12.3. The van der Waals surface area contributed by atoms with Gasteiger partial charge in [0.2, 0.25) is 11.8 Å². The lowest BCUT2D eigenvalue weighted by molar-refractivity contribution is -0.124. The molecule has 126 valence electrons. The van der Waals surface area contributed by atoms with E-state index in [4.69, 9.17) is 26.8 Å². The fourth-order valence-corrected chi connectivity index (χ4v) is 2.48. The van der Waals surface area contributed by atoms with Crippen LogP contribution in [0.1, 0.15) is 12.8 Å². The number of anilines is 1. The highest BCUT2D eigenvalue weighted by molar-refractivity contribution is 6.30. The van der Waals surface area contributed by atoms with Crippen molar-refractivity contribution in [2.75, 3.05) is 18.5 Å². The third kappa shape index (κ3) is 4.03. The number of halogens is 1. The average Bonchev–Trinajstić information content (AvgIpc) is 2.59. The molecule has 1 amide bonds. The van der Waals surface area contributed by atoms with Crippen molar-refractivity contribution >= 4 is 23.2 Å². The second kappa shape index (κ2) is 7.17. The lowest BCUT2D eigenvalue weighted by Gasteiger charge is -2.31. The molecule has 0 unspecified atom stereocenters. The molecule has 7 heteroatoms. The number of amides is 1. The van der Waals surface area contributed by atoms with Gasteiger partial charge in [0.05, 0.1) is 11.9 Å². The highest BCUT2D eigenvalue weighted by Gasteiger charge is 2.35. The molecule has 1 saturated heterocycles. The summed E-state index contributed by atoms with van der Waals surface area (Å²) in [4.78, 5) is 16.5. The highest BCUT2D eigenvalue weighted by atomic mass is 35.5. The summed E-state index contributed by atoms with van der Waals surface area (Å²) in [6, 6.07) is 10.4. The minimum Gasteiger partial charge on any atom is -0.439 e. The predicted octanol–water partition coefficient (Wildman–Crippen LogP) is 2.97. The molecule has 1 aliphatic heterocycles. The van der Waals surface area contributed by atoms with E-state index < -0.39 is 5.54 Å². The molecule has 24 heavy (non-hydrogen) atoms. The quantitative estimate of drug-likeness (QED) is 0.887. The number of ether oxygens (including phenoxy) is 2. The zero-order valence-corrected chi connectivity index (χ0v) is 13.8. The van der Waals surface area contributed by atoms with Gasteiger partial charge in [0.25, 0.3) is 0 Å². The molecule has 0 atom stereocenters. The summed E-state index contributed by atoms with van der Waals surface area (Å²) in [6.07, 6.45) is 2.54. The molecule has 1 aliphatic rings. The average molecular weight is 348 g/mol. The second-order valence-corrected chi connectivity index (χ2v) is 6.10. The van der Waals surface area contributed by atoms with E-state index in [1.54, 1.807) is 36.4 Å². The van der Waals surface area contributed by atoms with E-state index in [-0.39, 0.29) is 5.91 Å². The van der Waals surface area contributed by atoms with Crippen LogP contribution in [0.3, 0.4) is 0 Å². The molecule has 0 spiro atoms. The Kier molecular flexibility index (Phi) is 4.99. The molecule has 3 N–H and O–H groups in total. The monoisotopic (exact) mass is 347 g/mol. The zero-order chi connectivity index (χ0) is 17.0. The molecule has 0 radical (unpaired) electrons. The Hall–Kier alpha value is -2.15. The molecule has 1 fully saturated rings. The van der Waals surface area contributed by atoms with Crippen LogP contribution in [0.4, 0.5) is 5.69 Å². The molecule has 2 aromatic rings. The molecule has 1 aromatic carbocycles. The number of pyridine rings is 1. The molecular weight excluding hydrogens is 330 g/mol. The Morgan fingerprint density at radius 3 is 2.54 bits per heavy atom. The standard InChI is InChI=1S/C17H18ClN3O3/c18-12-1-4-14(5-2-12)24-15-6-3-13(11-20-15)21-16(22)17(19)7-9-23-10-8-17/h1-6,11H,7-10,19H2,(H,21,22). The molecule has 0 aliphatic carbocycles. The number of rotatable bonds is 4. The molecule has 1 aromatic heterocycles. The SMILES string of the molecule is NC1(C(=O)Nc2ccc(Oc3ccc(Cl)cc3)nc2)CCOCC1. The summed E-state index contributed by atoms with van der Waals surface area (Å²) in [5.41, 5.74) is 5.82. The Bertz CT molecular complexity index is 698. The van der Waals surface area contributed by atoms with Crippen molar-refractivity contribution in [1.29, 1.82) is 0 Å². The summed E-state index contributed by atoms with van der Waals surface area (Å²) in [5, 5.41) is 3.43. The van der Waals surface area contributed by atoms with Gasteiger partial charge in [-0.2, -0.15) is 0 Å². The maximum atomic E-state index is 12.3. The number of hydrogen-bond donors (Lipinski definition) is 2. The van der Waals surface area contributed by atoms with E-state index >= 15 is 0 Å². The minimum absolute atomic E-state index is 0.223. The van der Waals surface area contributed by atoms with Crippen LogP contribution < -0.4 is 15.8 Å². The summed E-state index contributed by atoms with van der Waals surface area (Å²) < 4.78 is 10.9. The number of carbonyl (C=O) groups excluding carboxylic acids is 1. The van der Waals surface area contributed by atoms with Crippen molar-refractivity contribution in [3.63, 3.8) is 0 Å². The lowest BCUT2D eigenvalue weighted by Crippen LogP contribution is -2.54. The van der Waals surface area contributed by atoms with Gasteiger partial charge in [-0.1, -0.05) is 11.6 Å². The number of nitrogens with two attached hydrogens (primary N) is 1. The zero-order valence-electron chi connectivity index (χ0n) is 13.0. The number of nitrogens with zero attached hydrogens (tertiary/aromatic N) is 1. The van der Waals surface area contributed by atoms with Gasteiger partial charge in [-0.3, -0.25) is 4.79 Å². The topological polar surface area (TPSA) is 86.5 Å². The van der Waals surface area contributed by atoms with Crippen molar-refractivity contribution in [2.24, 2.45) is 5.73 Å². The van der Waals surface area contributed by atoms with E-state index in [0.29, 0.717) is 48.4 Å². The number of hydrogen-bond acceptors (Lipinski definition) is 5. The largest absolute Gasteiger partial charge is 0.439 e. The molecule has 0 saturated carbocycles. The first kappa shape index (κ1) is 16.7. The maximum Gasteiger partial charge on any atom is 0.244 e. The lowest BCUT2D eigenvalue weighted by atomic mass is 9.90. The van der Waals surface area contributed by atoms with Crippen LogP contribution in [0.2, 0.25) is 5.02 Å². The van der Waals surface area contributed by atoms with Crippen LogP contribution >= 0.6 is 11.6 Å². The van der Waals surface area contributed by atoms with Crippen molar-refractivity contribution in [1.82, 2.24) is 4.98 Å². The molecule has 6 nitrogen and oxygen atoms in total. The van der Waals surface area contributed by atoms with Gasteiger partial charge in [0.15, 0.2) is 0 Å². The van der Waals surface area contributed by atoms with Crippen molar-refractivity contribution in [3.05, 3.63) is 47.6 Å². The number of nitrogens with one attached hydrogen (secondary N) is 1. The van der Waals surface area contributed by atoms with Crippen molar-refractivity contribution in [2.45, 2.75) is 18.4 Å². The van der Waals surface area contributed by atoms with Gasteiger partial charge in [-0.05, 0) is 43.2 Å². The van der Waals surface area contributed by atoms with Crippen LogP contribution in [-0.2, 0) is 9.53 Å². The van der Waals surface area contributed by atoms with Gasteiger partial charge < -0.3 is 20.5 Å². The fourth-order valence-electron chi connectivity index (χ4n) is 2.36. The summed E-state index contributed by atoms with van der Waals surface area (Å²) in [7, 11) is 0. The summed E-state index contributed by atoms with van der Waals surface area (Å²) in [5.74, 6) is 0.828. The first-order chi connectivity index (χ1) is 11.5. The van der Waals surface area contributed by atoms with Crippen molar-refractivity contribution in [3.8, 4) is 11.6 Å². The number of benzene rings is 1. The fraction of sp³-hybridized carbons (Fsp3) is 0.294. The third-order valence-corrected chi connectivity index (χ3v) is 4.12. The molecule has 3 rings (SSSR count). The third-order valence-electron chi connectivity index (χ3n) is 3.87. The first-order valence-electron chi connectivity index (χ1n) is 7.63. The van der Waals surface area contributed by atoms with E-state index in [1.165, 1.54) is 6.20 Å². The van der Waals surface area contributed by atoms with E-state index in [0.717, 1.165) is 0 Å². The highest BCUT2D eigenvalue weighted by Crippen LogP contribution is 2.23. The van der Waals surface area contributed by atoms with Gasteiger partial charge >= 0.3 is 0 Å². The first-order valence-corrected chi connectivity index (χ1v) is 8.00. The Morgan fingerprint density at radius 1 is 1.21 bits per heavy atom. The summed E-state index contributed by atoms with van der Waals surface area (Å²) in [6.45, 7) is 0.992. The van der Waals surface area contributed by atoms with Crippen LogP contribution in [0, 0.1) is 0 Å². The van der Waals surface area contributed by atoms with E-state index in [9.17, 15) is 4.79 Å². The van der Waals surface area contributed by atoms with E-state index in [2.05, 4.69) is 10.3 Å². The van der Waals surface area contributed by atoms with Crippen LogP contribution in [0.25, 0.3) is 0 Å². The molecular formula is C17H18ClN3O3. The predicted molar refractivity (Wildman–Crippen MR) is 91.4 cm³/mol. The van der Waals surface area contributed by atoms with Crippen molar-refractivity contribution < 1.29 is 14.3 Å². The van der Waals surface area contributed by atoms with Crippen LogP contribution in [0.5, 0.6) is 11.6 Å². The number of aromatic nitrogens is 1. The smallest absolute Gasteiger partial charge is 0.244 e. The van der Waals surface area contributed by atoms with Crippen LogP contribution in [0.15, 0.2) is 42.6 Å². The molecule has 2 heterocycles. The second-order valence-electron chi connectivity index (χ2n) is 5.66. The van der Waals surface area contributed by atoms with Gasteiger partial charge in [0.1, 0.15) is 11.3 Å². The number of carbonyl (C=O) groups is 1. The molecule has 0 bridgehead atoms. The Morgan fingerprint density at radius 2 is 1.92 bits per heavy atom. The van der Waals surface area contributed by atoms with Gasteiger partial charge in [0, 0.05) is 24.3 Å². The normalized spacial score (nSPS) is 16.4. The van der Waals surface area contributed by atoms with Gasteiger partial charge in [-0.25, -0.2) is 4.98 Å². The summed E-state index contributed by atoms with van der Waals surface area (Å²) >= 11 is 5.83. The Labute approximate surface area is 144 Å². The Balaban J connectivity index is 1.62. The minimum atomic E-state index is -0.892. The van der Waals surface area contributed by atoms with E-state index in [1.807, 2.05) is 0 Å².